The average molecular weight is 365 g/mol. The van der Waals surface area contributed by atoms with Gasteiger partial charge in [-0.3, -0.25) is 0 Å². The number of rotatable bonds is 4. The predicted molar refractivity (Wildman–Crippen MR) is 103 cm³/mol. The molecule has 2 aliphatic heterocycles. The molecule has 25 heavy (non-hydrogen) atoms. The molecule has 0 radical (unpaired) electrons. The van der Waals surface area contributed by atoms with Gasteiger partial charge in [0.05, 0.1) is 0 Å². The lowest BCUT2D eigenvalue weighted by Gasteiger charge is -2.35. The molecule has 0 saturated carbocycles. The van der Waals surface area contributed by atoms with Gasteiger partial charge in [-0.1, -0.05) is 11.6 Å². The third-order valence-corrected chi connectivity index (χ3v) is 5.70. The van der Waals surface area contributed by atoms with Crippen molar-refractivity contribution >= 4 is 23.3 Å². The molecule has 138 valence electrons. The van der Waals surface area contributed by atoms with Crippen LogP contribution < -0.4 is 5.32 Å². The monoisotopic (exact) mass is 364 g/mol. The summed E-state index contributed by atoms with van der Waals surface area (Å²) in [6.45, 7) is 7.67. The molecular weight excluding hydrogens is 336 g/mol. The van der Waals surface area contributed by atoms with Crippen LogP contribution >= 0.6 is 11.6 Å². The minimum absolute atomic E-state index is 0.000148. The summed E-state index contributed by atoms with van der Waals surface area (Å²) in [5.74, 6) is 0.749. The molecule has 0 aliphatic carbocycles. The predicted octanol–water partition coefficient (Wildman–Crippen LogP) is 3.22. The fraction of sp³-hybridized carbons (Fsp3) is 0.632. The van der Waals surface area contributed by atoms with Crippen LogP contribution in [0.3, 0.4) is 0 Å². The molecule has 0 bridgehead atoms. The van der Waals surface area contributed by atoms with Crippen molar-refractivity contribution < 1.29 is 4.79 Å². The maximum absolute atomic E-state index is 12.4. The van der Waals surface area contributed by atoms with Gasteiger partial charge in [-0.15, -0.1) is 0 Å². The van der Waals surface area contributed by atoms with Crippen LogP contribution in [0.4, 0.5) is 10.5 Å². The van der Waals surface area contributed by atoms with Gasteiger partial charge in [0.15, 0.2) is 0 Å². The fourth-order valence-electron chi connectivity index (χ4n) is 3.60. The number of nitrogens with one attached hydrogen (secondary N) is 1. The first kappa shape index (κ1) is 18.5. The zero-order valence-corrected chi connectivity index (χ0v) is 15.8. The number of halogens is 1. The number of urea groups is 1. The number of carbonyl (C=O) groups is 1. The molecule has 2 fully saturated rings. The van der Waals surface area contributed by atoms with Gasteiger partial charge in [0.1, 0.15) is 0 Å². The molecule has 0 aromatic heterocycles. The summed E-state index contributed by atoms with van der Waals surface area (Å²) in [6.07, 6.45) is 3.49. The highest BCUT2D eigenvalue weighted by atomic mass is 35.5. The van der Waals surface area contributed by atoms with Gasteiger partial charge in [0, 0.05) is 50.0 Å². The summed E-state index contributed by atoms with van der Waals surface area (Å²) in [5.41, 5.74) is 0.798. The lowest BCUT2D eigenvalue weighted by Crippen LogP contribution is -2.45. The summed E-state index contributed by atoms with van der Waals surface area (Å²) < 4.78 is 0. The molecule has 2 heterocycles. The Kier molecular flexibility index (Phi) is 6.57. The summed E-state index contributed by atoms with van der Waals surface area (Å²) in [4.78, 5) is 19.3. The van der Waals surface area contributed by atoms with E-state index in [4.69, 9.17) is 11.6 Å². The van der Waals surface area contributed by atoms with E-state index in [9.17, 15) is 4.79 Å². The molecule has 6 heteroatoms. The van der Waals surface area contributed by atoms with E-state index in [1.165, 1.54) is 39.1 Å². The van der Waals surface area contributed by atoms with Crippen molar-refractivity contribution in [2.45, 2.75) is 19.3 Å². The maximum atomic E-state index is 12.4. The van der Waals surface area contributed by atoms with Crippen LogP contribution in [-0.4, -0.2) is 73.6 Å². The number of nitrogens with zero attached hydrogens (tertiary/aromatic N) is 3. The highest BCUT2D eigenvalue weighted by molar-refractivity contribution is 6.30. The Hall–Kier alpha value is -1.30. The van der Waals surface area contributed by atoms with Crippen molar-refractivity contribution in [1.82, 2.24) is 14.7 Å². The molecule has 0 spiro atoms. The molecule has 5 nitrogen and oxygen atoms in total. The van der Waals surface area contributed by atoms with E-state index in [0.29, 0.717) is 5.02 Å². The van der Waals surface area contributed by atoms with Crippen LogP contribution in [0.1, 0.15) is 19.3 Å². The third-order valence-electron chi connectivity index (χ3n) is 5.45. The van der Waals surface area contributed by atoms with Crippen LogP contribution in [0.5, 0.6) is 0 Å². The van der Waals surface area contributed by atoms with Gasteiger partial charge in [0.25, 0.3) is 0 Å². The number of anilines is 1. The molecule has 0 unspecified atom stereocenters. The zero-order chi connectivity index (χ0) is 17.6. The van der Waals surface area contributed by atoms with E-state index in [1.54, 1.807) is 12.1 Å². The molecule has 1 N–H and O–H groups in total. The number of piperazine rings is 1. The Morgan fingerprint density at radius 3 is 2.36 bits per heavy atom. The van der Waals surface area contributed by atoms with Crippen LogP contribution in [-0.2, 0) is 0 Å². The topological polar surface area (TPSA) is 38.8 Å². The minimum atomic E-state index is -0.000148. The average Bonchev–Trinajstić information content (AvgIpc) is 2.63. The number of amides is 2. The van der Waals surface area contributed by atoms with E-state index in [-0.39, 0.29) is 6.03 Å². The van der Waals surface area contributed by atoms with Gasteiger partial charge >= 0.3 is 6.03 Å². The molecule has 3 rings (SSSR count). The maximum Gasteiger partial charge on any atom is 0.321 e. The van der Waals surface area contributed by atoms with Crippen LogP contribution in [0, 0.1) is 5.92 Å². The molecular formula is C19H29ClN4O. The number of likely N-dealkylation sites (N-methyl/N-ethyl adjacent to an activating group) is 1. The number of carbonyl (C=O) groups excluding carboxylic acids is 1. The molecule has 1 aromatic rings. The van der Waals surface area contributed by atoms with Crippen molar-refractivity contribution in [2.75, 3.05) is 58.2 Å². The molecule has 2 amide bonds. The standard InChI is InChI=1S/C19H29ClN4O/c1-22-12-14-23(15-13-22)9-6-16-7-10-24(11-8-16)19(25)21-18-4-2-17(20)3-5-18/h2-5,16H,6-15H2,1H3,(H,21,25). The zero-order valence-electron chi connectivity index (χ0n) is 15.1. The van der Waals surface area contributed by atoms with E-state index in [0.717, 1.165) is 37.5 Å². The van der Waals surface area contributed by atoms with Crippen LogP contribution in [0.15, 0.2) is 24.3 Å². The smallest absolute Gasteiger partial charge is 0.321 e. The van der Waals surface area contributed by atoms with Gasteiger partial charge < -0.3 is 20.0 Å². The third kappa shape index (κ3) is 5.59. The lowest BCUT2D eigenvalue weighted by molar-refractivity contribution is 0.134. The molecule has 1 aromatic carbocycles. The Morgan fingerprint density at radius 2 is 1.72 bits per heavy atom. The fourth-order valence-corrected chi connectivity index (χ4v) is 3.72. The summed E-state index contributed by atoms with van der Waals surface area (Å²) in [5, 5.41) is 3.64. The Morgan fingerprint density at radius 1 is 1.08 bits per heavy atom. The minimum Gasteiger partial charge on any atom is -0.325 e. The Labute approximate surface area is 155 Å². The number of benzene rings is 1. The normalized spacial score (nSPS) is 20.6. The highest BCUT2D eigenvalue weighted by Crippen LogP contribution is 2.22. The van der Waals surface area contributed by atoms with Crippen molar-refractivity contribution in [3.8, 4) is 0 Å². The first-order valence-electron chi connectivity index (χ1n) is 9.32. The number of likely N-dealkylation sites (tertiary alicyclic amines) is 1. The van der Waals surface area contributed by atoms with E-state index in [1.807, 2.05) is 17.0 Å². The molecule has 2 aliphatic rings. The van der Waals surface area contributed by atoms with Gasteiger partial charge in [-0.05, 0) is 63.0 Å². The number of hydrogen-bond acceptors (Lipinski definition) is 3. The van der Waals surface area contributed by atoms with Crippen molar-refractivity contribution in [2.24, 2.45) is 5.92 Å². The second-order valence-corrected chi connectivity index (χ2v) is 7.74. The highest BCUT2D eigenvalue weighted by Gasteiger charge is 2.23. The van der Waals surface area contributed by atoms with Gasteiger partial charge in [-0.2, -0.15) is 0 Å². The summed E-state index contributed by atoms with van der Waals surface area (Å²) in [7, 11) is 2.20. The van der Waals surface area contributed by atoms with Crippen molar-refractivity contribution in [1.29, 1.82) is 0 Å². The summed E-state index contributed by atoms with van der Waals surface area (Å²) >= 11 is 5.88. The molecule has 0 atom stereocenters. The van der Waals surface area contributed by atoms with Crippen molar-refractivity contribution in [3.05, 3.63) is 29.3 Å². The number of piperidine rings is 1. The van der Waals surface area contributed by atoms with E-state index < -0.39 is 0 Å². The first-order valence-corrected chi connectivity index (χ1v) is 9.70. The van der Waals surface area contributed by atoms with Crippen molar-refractivity contribution in [3.63, 3.8) is 0 Å². The van der Waals surface area contributed by atoms with E-state index >= 15 is 0 Å². The second-order valence-electron chi connectivity index (χ2n) is 7.30. The van der Waals surface area contributed by atoms with E-state index in [2.05, 4.69) is 22.2 Å². The van der Waals surface area contributed by atoms with Crippen LogP contribution in [0.25, 0.3) is 0 Å². The SMILES string of the molecule is CN1CCN(CCC2CCN(C(=O)Nc3ccc(Cl)cc3)CC2)CC1. The Balaban J connectivity index is 1.36. The van der Waals surface area contributed by atoms with Crippen LogP contribution in [0.2, 0.25) is 5.02 Å². The van der Waals surface area contributed by atoms with Gasteiger partial charge in [-0.25, -0.2) is 4.79 Å². The largest absolute Gasteiger partial charge is 0.325 e. The Bertz CT molecular complexity index is 549. The summed E-state index contributed by atoms with van der Waals surface area (Å²) in [6, 6.07) is 7.26. The second kappa shape index (κ2) is 8.88. The first-order chi connectivity index (χ1) is 12.1. The quantitative estimate of drug-likeness (QED) is 0.891. The van der Waals surface area contributed by atoms with Gasteiger partial charge in [0.2, 0.25) is 0 Å². The lowest BCUT2D eigenvalue weighted by atomic mass is 9.93. The molecule has 2 saturated heterocycles. The number of hydrogen-bond donors (Lipinski definition) is 1.